The maximum atomic E-state index is 12.1. The van der Waals surface area contributed by atoms with Gasteiger partial charge in [-0.05, 0) is 12.8 Å². The molecule has 0 unspecified atom stereocenters. The van der Waals surface area contributed by atoms with Crippen molar-refractivity contribution in [3.05, 3.63) is 17.0 Å². The lowest BCUT2D eigenvalue weighted by Gasteiger charge is -2.22. The van der Waals surface area contributed by atoms with Crippen LogP contribution in [0.15, 0.2) is 6.07 Å². The summed E-state index contributed by atoms with van der Waals surface area (Å²) in [5.74, 6) is 1.54. The standard InChI is InChI=1S/C13H19ClN4O/c1-3-11-15-10(14)8-12(16-11)17(2)9-13(19)18-6-4-5-7-18/h8H,3-7,9H2,1-2H3. The van der Waals surface area contributed by atoms with Crippen LogP contribution < -0.4 is 4.90 Å². The van der Waals surface area contributed by atoms with E-state index in [4.69, 9.17) is 11.6 Å². The fourth-order valence-corrected chi connectivity index (χ4v) is 2.35. The molecule has 0 saturated carbocycles. The molecule has 0 aliphatic carbocycles. The van der Waals surface area contributed by atoms with Crippen molar-refractivity contribution in [2.75, 3.05) is 31.6 Å². The zero-order valence-electron chi connectivity index (χ0n) is 11.4. The van der Waals surface area contributed by atoms with Gasteiger partial charge in [-0.2, -0.15) is 0 Å². The molecule has 0 atom stereocenters. The molecule has 19 heavy (non-hydrogen) atoms. The highest BCUT2D eigenvalue weighted by Gasteiger charge is 2.19. The molecule has 1 aromatic rings. The Morgan fingerprint density at radius 1 is 1.42 bits per heavy atom. The summed E-state index contributed by atoms with van der Waals surface area (Å²) in [6.45, 7) is 4.05. The SMILES string of the molecule is CCc1nc(Cl)cc(N(C)CC(=O)N2CCCC2)n1. The third-order valence-corrected chi connectivity index (χ3v) is 3.46. The number of nitrogens with zero attached hydrogens (tertiary/aromatic N) is 4. The van der Waals surface area contributed by atoms with E-state index < -0.39 is 0 Å². The molecule has 1 aliphatic rings. The van der Waals surface area contributed by atoms with Crippen LogP contribution in [0.1, 0.15) is 25.6 Å². The lowest BCUT2D eigenvalue weighted by molar-refractivity contribution is -0.128. The van der Waals surface area contributed by atoms with Crippen LogP contribution in [0, 0.1) is 0 Å². The Balaban J connectivity index is 2.04. The van der Waals surface area contributed by atoms with Crippen LogP contribution in [0.5, 0.6) is 0 Å². The van der Waals surface area contributed by atoms with Crippen molar-refractivity contribution in [1.82, 2.24) is 14.9 Å². The minimum atomic E-state index is 0.146. The van der Waals surface area contributed by atoms with Crippen LogP contribution in [0.25, 0.3) is 0 Å². The van der Waals surface area contributed by atoms with Gasteiger partial charge in [0.05, 0.1) is 6.54 Å². The minimum Gasteiger partial charge on any atom is -0.350 e. The van der Waals surface area contributed by atoms with Crippen LogP contribution in [0.3, 0.4) is 0 Å². The Hall–Kier alpha value is -1.36. The summed E-state index contributed by atoms with van der Waals surface area (Å²) in [6.07, 6.45) is 2.94. The first-order valence-corrected chi connectivity index (χ1v) is 7.00. The van der Waals surface area contributed by atoms with E-state index in [9.17, 15) is 4.79 Å². The second kappa shape index (κ2) is 6.19. The number of halogens is 1. The lowest BCUT2D eigenvalue weighted by atomic mass is 10.4. The van der Waals surface area contributed by atoms with E-state index in [1.165, 1.54) is 0 Å². The van der Waals surface area contributed by atoms with Crippen LogP contribution in [0.2, 0.25) is 5.15 Å². The zero-order chi connectivity index (χ0) is 13.8. The first-order chi connectivity index (χ1) is 9.10. The van der Waals surface area contributed by atoms with E-state index in [0.29, 0.717) is 23.3 Å². The van der Waals surface area contributed by atoms with Gasteiger partial charge in [-0.3, -0.25) is 4.79 Å². The number of amides is 1. The third kappa shape index (κ3) is 3.56. The van der Waals surface area contributed by atoms with Gasteiger partial charge in [0, 0.05) is 32.6 Å². The number of likely N-dealkylation sites (tertiary alicyclic amines) is 1. The van der Waals surface area contributed by atoms with Gasteiger partial charge in [0.25, 0.3) is 0 Å². The Bertz CT molecular complexity index is 460. The van der Waals surface area contributed by atoms with Crippen molar-refractivity contribution < 1.29 is 4.79 Å². The molecule has 2 rings (SSSR count). The number of carbonyl (C=O) groups excluding carboxylic acids is 1. The van der Waals surface area contributed by atoms with E-state index in [1.54, 1.807) is 6.07 Å². The Morgan fingerprint density at radius 3 is 2.74 bits per heavy atom. The molecule has 5 nitrogen and oxygen atoms in total. The van der Waals surface area contributed by atoms with Gasteiger partial charge in [0.1, 0.15) is 16.8 Å². The normalized spacial score (nSPS) is 14.8. The second-order valence-corrected chi connectivity index (χ2v) is 5.15. The number of likely N-dealkylation sites (N-methyl/N-ethyl adjacent to an activating group) is 1. The fourth-order valence-electron chi connectivity index (χ4n) is 2.16. The topological polar surface area (TPSA) is 49.3 Å². The number of hydrogen-bond donors (Lipinski definition) is 0. The summed E-state index contributed by atoms with van der Waals surface area (Å²) < 4.78 is 0. The molecule has 1 aliphatic heterocycles. The van der Waals surface area contributed by atoms with Gasteiger partial charge in [-0.25, -0.2) is 9.97 Å². The van der Waals surface area contributed by atoms with Gasteiger partial charge in [0.15, 0.2) is 0 Å². The average molecular weight is 283 g/mol. The molecule has 1 saturated heterocycles. The van der Waals surface area contributed by atoms with E-state index in [2.05, 4.69) is 9.97 Å². The highest BCUT2D eigenvalue weighted by Crippen LogP contribution is 2.16. The van der Waals surface area contributed by atoms with Crippen molar-refractivity contribution in [3.63, 3.8) is 0 Å². The van der Waals surface area contributed by atoms with Crippen molar-refractivity contribution in [2.45, 2.75) is 26.2 Å². The largest absolute Gasteiger partial charge is 0.350 e. The average Bonchev–Trinajstić information content (AvgIpc) is 2.91. The molecule has 104 valence electrons. The van der Waals surface area contributed by atoms with Crippen molar-refractivity contribution in [3.8, 4) is 0 Å². The molecule has 0 aromatic carbocycles. The summed E-state index contributed by atoms with van der Waals surface area (Å²) in [4.78, 5) is 24.3. The van der Waals surface area contributed by atoms with Crippen LogP contribution >= 0.6 is 11.6 Å². The molecular weight excluding hydrogens is 264 g/mol. The van der Waals surface area contributed by atoms with Crippen LogP contribution in [-0.2, 0) is 11.2 Å². The van der Waals surface area contributed by atoms with E-state index in [0.717, 1.165) is 32.4 Å². The Kier molecular flexibility index (Phi) is 4.58. The summed E-state index contributed by atoms with van der Waals surface area (Å²) in [5, 5.41) is 0.419. The first kappa shape index (κ1) is 14.1. The van der Waals surface area contributed by atoms with Gasteiger partial charge in [0.2, 0.25) is 5.91 Å². The van der Waals surface area contributed by atoms with Crippen molar-refractivity contribution in [1.29, 1.82) is 0 Å². The Labute approximate surface area is 118 Å². The van der Waals surface area contributed by atoms with E-state index in [1.807, 2.05) is 23.8 Å². The quantitative estimate of drug-likeness (QED) is 0.790. The molecule has 2 heterocycles. The molecule has 0 bridgehead atoms. The monoisotopic (exact) mass is 282 g/mol. The number of aromatic nitrogens is 2. The zero-order valence-corrected chi connectivity index (χ0v) is 12.2. The number of anilines is 1. The highest BCUT2D eigenvalue weighted by molar-refractivity contribution is 6.29. The van der Waals surface area contributed by atoms with Crippen molar-refractivity contribution in [2.24, 2.45) is 0 Å². The summed E-state index contributed by atoms with van der Waals surface area (Å²) in [7, 11) is 1.85. The first-order valence-electron chi connectivity index (χ1n) is 6.62. The number of hydrogen-bond acceptors (Lipinski definition) is 4. The minimum absolute atomic E-state index is 0.146. The number of aryl methyl sites for hydroxylation is 1. The summed E-state index contributed by atoms with van der Waals surface area (Å²) >= 11 is 5.96. The maximum absolute atomic E-state index is 12.1. The number of carbonyl (C=O) groups is 1. The second-order valence-electron chi connectivity index (χ2n) is 4.76. The van der Waals surface area contributed by atoms with Crippen molar-refractivity contribution >= 4 is 23.3 Å². The molecule has 1 fully saturated rings. The van der Waals surface area contributed by atoms with E-state index >= 15 is 0 Å². The van der Waals surface area contributed by atoms with Gasteiger partial charge >= 0.3 is 0 Å². The predicted octanol–water partition coefficient (Wildman–Crippen LogP) is 1.75. The van der Waals surface area contributed by atoms with Crippen LogP contribution in [-0.4, -0.2) is 47.5 Å². The molecule has 0 N–H and O–H groups in total. The number of rotatable bonds is 4. The van der Waals surface area contributed by atoms with Crippen LogP contribution in [0.4, 0.5) is 5.82 Å². The molecule has 0 spiro atoms. The smallest absolute Gasteiger partial charge is 0.242 e. The molecule has 0 radical (unpaired) electrons. The summed E-state index contributed by atoms with van der Waals surface area (Å²) in [5.41, 5.74) is 0. The lowest BCUT2D eigenvalue weighted by Crippen LogP contribution is -2.37. The maximum Gasteiger partial charge on any atom is 0.242 e. The van der Waals surface area contributed by atoms with E-state index in [-0.39, 0.29) is 5.91 Å². The molecule has 1 amide bonds. The van der Waals surface area contributed by atoms with Gasteiger partial charge in [-0.15, -0.1) is 0 Å². The molecular formula is C13H19ClN4O. The highest BCUT2D eigenvalue weighted by atomic mass is 35.5. The molecule has 1 aromatic heterocycles. The van der Waals surface area contributed by atoms with Gasteiger partial charge < -0.3 is 9.80 Å². The Morgan fingerprint density at radius 2 is 2.11 bits per heavy atom. The van der Waals surface area contributed by atoms with Gasteiger partial charge in [-0.1, -0.05) is 18.5 Å². The summed E-state index contributed by atoms with van der Waals surface area (Å²) in [6, 6.07) is 1.69. The molecule has 6 heteroatoms. The fraction of sp³-hybridized carbons (Fsp3) is 0.615. The predicted molar refractivity (Wildman–Crippen MR) is 75.5 cm³/mol. The third-order valence-electron chi connectivity index (χ3n) is 3.27.